The quantitative estimate of drug-likeness (QED) is 0.745. The number of hydrogen-bond donors (Lipinski definition) is 0. The molecule has 2 rings (SSSR count). The van der Waals surface area contributed by atoms with Crippen molar-refractivity contribution in [1.82, 2.24) is 9.80 Å². The molecule has 0 N–H and O–H groups in total. The Morgan fingerprint density at radius 2 is 1.75 bits per heavy atom. The number of nitrogens with zero attached hydrogens (tertiary/aromatic N) is 3. The first kappa shape index (κ1) is 19.2. The van der Waals surface area contributed by atoms with Gasteiger partial charge in [-0.1, -0.05) is 40.0 Å². The molecule has 0 aromatic carbocycles. The lowest BCUT2D eigenvalue weighted by Gasteiger charge is -2.40. The number of hydrogen-bond acceptors (Lipinski definition) is 3. The number of amides is 1. The van der Waals surface area contributed by atoms with E-state index in [1.165, 1.54) is 32.1 Å². The Kier molecular flexibility index (Phi) is 7.55. The number of carbonyl (C=O) groups excluding carboxylic acids is 1. The maximum atomic E-state index is 12.8. The van der Waals surface area contributed by atoms with Gasteiger partial charge in [0.05, 0.1) is 6.07 Å². The van der Waals surface area contributed by atoms with Gasteiger partial charge in [-0.05, 0) is 37.5 Å². The standard InChI is InChI=1S/C20H35N3O/c1-4-5-6-17-7-9-18(10-8-17)20(24)23-13-11-22(12-14-23)19(15-21)16(2)3/h16-19H,4-14H2,1-3H3. The molecule has 0 radical (unpaired) electrons. The first-order chi connectivity index (χ1) is 11.6. The van der Waals surface area contributed by atoms with Crippen molar-refractivity contribution in [1.29, 1.82) is 5.26 Å². The average Bonchev–Trinajstić information content (AvgIpc) is 2.61. The second kappa shape index (κ2) is 9.42. The van der Waals surface area contributed by atoms with Crippen LogP contribution in [0.2, 0.25) is 0 Å². The van der Waals surface area contributed by atoms with Crippen LogP contribution in [-0.2, 0) is 4.79 Å². The minimum Gasteiger partial charge on any atom is -0.340 e. The summed E-state index contributed by atoms with van der Waals surface area (Å²) in [6, 6.07) is 2.41. The first-order valence-corrected chi connectivity index (χ1v) is 9.99. The van der Waals surface area contributed by atoms with E-state index in [9.17, 15) is 10.1 Å². The van der Waals surface area contributed by atoms with Gasteiger partial charge in [-0.3, -0.25) is 9.69 Å². The Bertz CT molecular complexity index is 427. The van der Waals surface area contributed by atoms with Crippen LogP contribution in [0.25, 0.3) is 0 Å². The summed E-state index contributed by atoms with van der Waals surface area (Å²) in [7, 11) is 0. The highest BCUT2D eigenvalue weighted by molar-refractivity contribution is 5.79. The van der Waals surface area contributed by atoms with Crippen LogP contribution in [0.1, 0.15) is 65.7 Å². The van der Waals surface area contributed by atoms with Gasteiger partial charge in [0.25, 0.3) is 0 Å². The SMILES string of the molecule is CCCCC1CCC(C(=O)N2CCN(C(C#N)C(C)C)CC2)CC1. The molecular formula is C20H35N3O. The van der Waals surface area contributed by atoms with Crippen LogP contribution >= 0.6 is 0 Å². The summed E-state index contributed by atoms with van der Waals surface area (Å²) in [6.45, 7) is 9.72. The maximum Gasteiger partial charge on any atom is 0.225 e. The Balaban J connectivity index is 1.76. The molecule has 1 saturated heterocycles. The van der Waals surface area contributed by atoms with Crippen molar-refractivity contribution in [3.63, 3.8) is 0 Å². The molecule has 0 bridgehead atoms. The maximum absolute atomic E-state index is 12.8. The zero-order chi connectivity index (χ0) is 17.5. The molecule has 0 spiro atoms. The molecule has 0 aromatic heterocycles. The second-order valence-corrected chi connectivity index (χ2v) is 8.04. The minimum absolute atomic E-state index is 0.0174. The molecule has 1 heterocycles. The summed E-state index contributed by atoms with van der Waals surface area (Å²) in [5, 5.41) is 9.34. The largest absolute Gasteiger partial charge is 0.340 e. The molecule has 136 valence electrons. The molecule has 4 heteroatoms. The van der Waals surface area contributed by atoms with Gasteiger partial charge in [-0.15, -0.1) is 0 Å². The molecule has 0 aromatic rings. The summed E-state index contributed by atoms with van der Waals surface area (Å²) in [5.74, 6) is 1.83. The Morgan fingerprint density at radius 1 is 1.12 bits per heavy atom. The topological polar surface area (TPSA) is 47.3 Å². The van der Waals surface area contributed by atoms with Crippen molar-refractivity contribution in [3.8, 4) is 6.07 Å². The molecule has 4 nitrogen and oxygen atoms in total. The summed E-state index contributed by atoms with van der Waals surface area (Å²) >= 11 is 0. The van der Waals surface area contributed by atoms with E-state index < -0.39 is 0 Å². The summed E-state index contributed by atoms with van der Waals surface area (Å²) in [4.78, 5) is 17.1. The molecule has 1 unspecified atom stereocenters. The summed E-state index contributed by atoms with van der Waals surface area (Å²) in [6.07, 6.45) is 8.60. The van der Waals surface area contributed by atoms with E-state index in [1.807, 2.05) is 0 Å². The first-order valence-electron chi connectivity index (χ1n) is 9.99. The van der Waals surface area contributed by atoms with Crippen molar-refractivity contribution < 1.29 is 4.79 Å². The average molecular weight is 334 g/mol. The van der Waals surface area contributed by atoms with E-state index in [0.717, 1.165) is 44.9 Å². The zero-order valence-electron chi connectivity index (χ0n) is 15.8. The lowest BCUT2D eigenvalue weighted by molar-refractivity contribution is -0.139. The highest BCUT2D eigenvalue weighted by atomic mass is 16.2. The highest BCUT2D eigenvalue weighted by Gasteiger charge is 2.32. The smallest absolute Gasteiger partial charge is 0.225 e. The van der Waals surface area contributed by atoms with Crippen LogP contribution < -0.4 is 0 Å². The fraction of sp³-hybridized carbons (Fsp3) is 0.900. The van der Waals surface area contributed by atoms with E-state index >= 15 is 0 Å². The number of nitriles is 1. The second-order valence-electron chi connectivity index (χ2n) is 8.04. The summed E-state index contributed by atoms with van der Waals surface area (Å²) in [5.41, 5.74) is 0. The molecule has 1 aliphatic heterocycles. The monoisotopic (exact) mass is 333 g/mol. The van der Waals surface area contributed by atoms with Crippen LogP contribution in [0.3, 0.4) is 0 Å². The normalized spacial score (nSPS) is 27.0. The third-order valence-electron chi connectivity index (χ3n) is 5.94. The van der Waals surface area contributed by atoms with Crippen molar-refractivity contribution in [2.45, 2.75) is 71.8 Å². The minimum atomic E-state index is -0.0174. The van der Waals surface area contributed by atoms with Crippen molar-refractivity contribution in [2.24, 2.45) is 17.8 Å². The van der Waals surface area contributed by atoms with Gasteiger partial charge in [0, 0.05) is 32.1 Å². The highest BCUT2D eigenvalue weighted by Crippen LogP contribution is 2.33. The third-order valence-corrected chi connectivity index (χ3v) is 5.94. The third kappa shape index (κ3) is 4.96. The molecule has 1 saturated carbocycles. The van der Waals surface area contributed by atoms with Crippen LogP contribution in [0.4, 0.5) is 0 Å². The van der Waals surface area contributed by atoms with Crippen molar-refractivity contribution in [2.75, 3.05) is 26.2 Å². The number of carbonyl (C=O) groups is 1. The van der Waals surface area contributed by atoms with Gasteiger partial charge in [0.1, 0.15) is 6.04 Å². The Labute approximate surface area is 148 Å². The van der Waals surface area contributed by atoms with E-state index in [-0.39, 0.29) is 12.0 Å². The van der Waals surface area contributed by atoms with Crippen LogP contribution in [0.15, 0.2) is 0 Å². The van der Waals surface area contributed by atoms with Gasteiger partial charge >= 0.3 is 0 Å². The van der Waals surface area contributed by atoms with Crippen molar-refractivity contribution >= 4 is 5.91 Å². The van der Waals surface area contributed by atoms with Crippen LogP contribution in [0.5, 0.6) is 0 Å². The Hall–Kier alpha value is -1.08. The van der Waals surface area contributed by atoms with Gasteiger partial charge in [-0.25, -0.2) is 0 Å². The van der Waals surface area contributed by atoms with E-state index in [2.05, 4.69) is 36.6 Å². The van der Waals surface area contributed by atoms with Gasteiger partial charge < -0.3 is 4.90 Å². The van der Waals surface area contributed by atoms with Gasteiger partial charge in [0.2, 0.25) is 5.91 Å². The van der Waals surface area contributed by atoms with Gasteiger partial charge in [0.15, 0.2) is 0 Å². The summed E-state index contributed by atoms with van der Waals surface area (Å²) < 4.78 is 0. The molecule has 24 heavy (non-hydrogen) atoms. The number of unbranched alkanes of at least 4 members (excludes halogenated alkanes) is 1. The number of rotatable bonds is 6. The fourth-order valence-corrected chi connectivity index (χ4v) is 4.32. The predicted octanol–water partition coefficient (Wildman–Crippen LogP) is 3.68. The zero-order valence-corrected chi connectivity index (χ0v) is 15.8. The van der Waals surface area contributed by atoms with Gasteiger partial charge in [-0.2, -0.15) is 5.26 Å². The molecular weight excluding hydrogens is 298 g/mol. The number of piperazine rings is 1. The predicted molar refractivity (Wildman–Crippen MR) is 97.4 cm³/mol. The van der Waals surface area contributed by atoms with Crippen LogP contribution in [-0.4, -0.2) is 47.9 Å². The molecule has 1 aliphatic carbocycles. The van der Waals surface area contributed by atoms with E-state index in [0.29, 0.717) is 11.8 Å². The van der Waals surface area contributed by atoms with Crippen molar-refractivity contribution in [3.05, 3.63) is 0 Å². The van der Waals surface area contributed by atoms with Crippen LogP contribution in [0, 0.1) is 29.1 Å². The molecule has 1 amide bonds. The molecule has 2 fully saturated rings. The molecule has 1 atom stereocenters. The lowest BCUT2D eigenvalue weighted by atomic mass is 9.79. The van der Waals surface area contributed by atoms with E-state index in [4.69, 9.17) is 0 Å². The van der Waals surface area contributed by atoms with E-state index in [1.54, 1.807) is 0 Å². The Morgan fingerprint density at radius 3 is 2.25 bits per heavy atom. The molecule has 2 aliphatic rings. The lowest BCUT2D eigenvalue weighted by Crippen LogP contribution is -2.54. The fourth-order valence-electron chi connectivity index (χ4n) is 4.32.